The molecular formula is C19H19BrClN3O4. The first-order valence-corrected chi connectivity index (χ1v) is 9.39. The molecule has 0 aliphatic rings. The molecule has 0 atom stereocenters. The van der Waals surface area contributed by atoms with Gasteiger partial charge in [0, 0.05) is 24.5 Å². The molecule has 28 heavy (non-hydrogen) atoms. The fraction of sp³-hybridized carbons (Fsp3) is 0.211. The van der Waals surface area contributed by atoms with E-state index in [1.165, 1.54) is 13.3 Å². The number of hydrazone groups is 1. The fourth-order valence-corrected chi connectivity index (χ4v) is 2.92. The fourth-order valence-electron chi connectivity index (χ4n) is 2.22. The first-order valence-electron chi connectivity index (χ1n) is 8.22. The first-order chi connectivity index (χ1) is 13.4. The van der Waals surface area contributed by atoms with Gasteiger partial charge < -0.3 is 14.8 Å². The third-order valence-electron chi connectivity index (χ3n) is 3.62. The minimum Gasteiger partial charge on any atom is -0.496 e. The smallest absolute Gasteiger partial charge is 0.240 e. The van der Waals surface area contributed by atoms with Gasteiger partial charge in [0.05, 0.1) is 35.6 Å². The van der Waals surface area contributed by atoms with Gasteiger partial charge >= 0.3 is 0 Å². The molecule has 0 unspecified atom stereocenters. The Morgan fingerprint density at radius 2 is 1.79 bits per heavy atom. The van der Waals surface area contributed by atoms with E-state index < -0.39 is 5.91 Å². The minimum absolute atomic E-state index is 0.00395. The van der Waals surface area contributed by atoms with Gasteiger partial charge in [-0.05, 0) is 34.1 Å². The lowest BCUT2D eigenvalue weighted by Crippen LogP contribution is -2.20. The number of amides is 2. The predicted molar refractivity (Wildman–Crippen MR) is 112 cm³/mol. The van der Waals surface area contributed by atoms with Crippen molar-refractivity contribution < 1.29 is 19.1 Å². The van der Waals surface area contributed by atoms with Crippen molar-refractivity contribution in [3.05, 3.63) is 51.5 Å². The summed E-state index contributed by atoms with van der Waals surface area (Å²) in [7, 11) is 3.08. The Hall–Kier alpha value is -2.58. The number of halogens is 2. The van der Waals surface area contributed by atoms with Crippen LogP contribution >= 0.6 is 27.5 Å². The molecule has 2 aromatic carbocycles. The summed E-state index contributed by atoms with van der Waals surface area (Å²) in [5.74, 6) is 0.449. The highest BCUT2D eigenvalue weighted by atomic mass is 79.9. The molecule has 0 bridgehead atoms. The lowest BCUT2D eigenvalue weighted by Gasteiger charge is -2.09. The molecule has 0 heterocycles. The van der Waals surface area contributed by atoms with Gasteiger partial charge in [-0.15, -0.1) is 0 Å². The SMILES string of the molecule is COc1cc(OC)c(/C=N/NC(=O)CCC(=O)Nc2ccccc2Cl)cc1Br. The number of ether oxygens (including phenoxy) is 2. The van der Waals surface area contributed by atoms with E-state index in [0.717, 1.165) is 4.47 Å². The molecule has 148 valence electrons. The molecule has 9 heteroatoms. The lowest BCUT2D eigenvalue weighted by molar-refractivity contribution is -0.124. The molecule has 0 aromatic heterocycles. The number of hydrogen-bond donors (Lipinski definition) is 2. The van der Waals surface area contributed by atoms with E-state index in [-0.39, 0.29) is 18.7 Å². The quantitative estimate of drug-likeness (QED) is 0.453. The summed E-state index contributed by atoms with van der Waals surface area (Å²) in [6, 6.07) is 10.3. The highest BCUT2D eigenvalue weighted by Crippen LogP contribution is 2.31. The van der Waals surface area contributed by atoms with Gasteiger partial charge in [0.15, 0.2) is 0 Å². The Morgan fingerprint density at radius 3 is 2.46 bits per heavy atom. The second kappa shape index (κ2) is 10.7. The van der Waals surface area contributed by atoms with Crippen molar-refractivity contribution in [2.75, 3.05) is 19.5 Å². The second-order valence-electron chi connectivity index (χ2n) is 5.55. The van der Waals surface area contributed by atoms with Crippen LogP contribution in [0.4, 0.5) is 5.69 Å². The Balaban J connectivity index is 1.86. The van der Waals surface area contributed by atoms with Crippen LogP contribution in [0, 0.1) is 0 Å². The van der Waals surface area contributed by atoms with Crippen LogP contribution in [0.15, 0.2) is 46.0 Å². The van der Waals surface area contributed by atoms with Crippen molar-refractivity contribution in [3.8, 4) is 11.5 Å². The lowest BCUT2D eigenvalue weighted by atomic mass is 10.2. The zero-order valence-corrected chi connectivity index (χ0v) is 17.6. The highest BCUT2D eigenvalue weighted by molar-refractivity contribution is 9.10. The predicted octanol–water partition coefficient (Wildman–Crippen LogP) is 3.99. The van der Waals surface area contributed by atoms with E-state index in [9.17, 15) is 9.59 Å². The van der Waals surface area contributed by atoms with Crippen LogP contribution in [0.25, 0.3) is 0 Å². The molecular weight excluding hydrogens is 450 g/mol. The normalized spacial score (nSPS) is 10.6. The van der Waals surface area contributed by atoms with Crippen LogP contribution in [0.3, 0.4) is 0 Å². The molecule has 0 aliphatic heterocycles. The Morgan fingerprint density at radius 1 is 1.11 bits per heavy atom. The van der Waals surface area contributed by atoms with Gasteiger partial charge in [-0.2, -0.15) is 5.10 Å². The standard InChI is InChI=1S/C19H19BrClN3O4/c1-27-16-10-17(28-2)13(20)9-12(16)11-22-24-19(26)8-7-18(25)23-15-6-4-3-5-14(15)21/h3-6,9-11H,7-8H2,1-2H3,(H,23,25)(H,24,26)/b22-11+. The Bertz CT molecular complexity index is 889. The van der Waals surface area contributed by atoms with Gasteiger partial charge in [0.25, 0.3) is 0 Å². The number of hydrogen-bond acceptors (Lipinski definition) is 5. The van der Waals surface area contributed by atoms with Gasteiger partial charge in [0.1, 0.15) is 11.5 Å². The van der Waals surface area contributed by atoms with Crippen molar-refractivity contribution in [2.24, 2.45) is 5.10 Å². The molecule has 7 nitrogen and oxygen atoms in total. The van der Waals surface area contributed by atoms with Crippen LogP contribution in [0.1, 0.15) is 18.4 Å². The summed E-state index contributed by atoms with van der Waals surface area (Å²) in [6.45, 7) is 0. The summed E-state index contributed by atoms with van der Waals surface area (Å²) < 4.78 is 11.2. The maximum absolute atomic E-state index is 11.9. The summed E-state index contributed by atoms with van der Waals surface area (Å²) in [5, 5.41) is 7.00. The van der Waals surface area contributed by atoms with Crippen molar-refractivity contribution in [2.45, 2.75) is 12.8 Å². The number of nitrogens with one attached hydrogen (secondary N) is 2. The average Bonchev–Trinajstić information content (AvgIpc) is 2.68. The van der Waals surface area contributed by atoms with Crippen LogP contribution in [-0.2, 0) is 9.59 Å². The monoisotopic (exact) mass is 467 g/mol. The summed E-state index contributed by atoms with van der Waals surface area (Å²) in [6.07, 6.45) is 1.44. The van der Waals surface area contributed by atoms with Crippen molar-refractivity contribution in [3.63, 3.8) is 0 Å². The number of para-hydroxylation sites is 1. The van der Waals surface area contributed by atoms with E-state index in [0.29, 0.717) is 27.8 Å². The number of anilines is 1. The van der Waals surface area contributed by atoms with Gasteiger partial charge in [0.2, 0.25) is 11.8 Å². The topological polar surface area (TPSA) is 89.0 Å². The molecule has 2 aromatic rings. The first kappa shape index (κ1) is 21.7. The van der Waals surface area contributed by atoms with E-state index in [1.807, 2.05) is 0 Å². The Labute approximate surface area is 176 Å². The second-order valence-corrected chi connectivity index (χ2v) is 6.81. The van der Waals surface area contributed by atoms with E-state index in [2.05, 4.69) is 31.8 Å². The molecule has 2 rings (SSSR count). The van der Waals surface area contributed by atoms with E-state index in [4.69, 9.17) is 21.1 Å². The van der Waals surface area contributed by atoms with E-state index in [1.54, 1.807) is 43.5 Å². The molecule has 0 fully saturated rings. The van der Waals surface area contributed by atoms with Crippen molar-refractivity contribution >= 4 is 51.2 Å². The zero-order valence-electron chi connectivity index (χ0n) is 15.3. The number of methoxy groups -OCH3 is 2. The minimum atomic E-state index is -0.392. The Kier molecular flexibility index (Phi) is 8.28. The van der Waals surface area contributed by atoms with Crippen LogP contribution in [-0.4, -0.2) is 32.2 Å². The summed E-state index contributed by atoms with van der Waals surface area (Å²) in [5.41, 5.74) is 3.53. The van der Waals surface area contributed by atoms with E-state index >= 15 is 0 Å². The number of benzene rings is 2. The molecule has 0 radical (unpaired) electrons. The largest absolute Gasteiger partial charge is 0.496 e. The molecule has 0 saturated heterocycles. The van der Waals surface area contributed by atoms with Gasteiger partial charge in [-0.3, -0.25) is 9.59 Å². The molecule has 0 aliphatic carbocycles. The average molecular weight is 469 g/mol. The number of carbonyl (C=O) groups excluding carboxylic acids is 2. The van der Waals surface area contributed by atoms with Crippen LogP contribution < -0.4 is 20.2 Å². The highest BCUT2D eigenvalue weighted by Gasteiger charge is 2.10. The molecule has 2 amide bonds. The van der Waals surface area contributed by atoms with Crippen LogP contribution in [0.2, 0.25) is 5.02 Å². The third kappa shape index (κ3) is 6.24. The van der Waals surface area contributed by atoms with Crippen LogP contribution in [0.5, 0.6) is 11.5 Å². The molecule has 0 saturated carbocycles. The van der Waals surface area contributed by atoms with Gasteiger partial charge in [-0.25, -0.2) is 5.43 Å². The molecule has 2 N–H and O–H groups in total. The third-order valence-corrected chi connectivity index (χ3v) is 4.57. The van der Waals surface area contributed by atoms with Gasteiger partial charge in [-0.1, -0.05) is 23.7 Å². The number of rotatable bonds is 8. The zero-order chi connectivity index (χ0) is 20.5. The molecule has 0 spiro atoms. The van der Waals surface area contributed by atoms with Crippen molar-refractivity contribution in [1.82, 2.24) is 5.43 Å². The van der Waals surface area contributed by atoms with Crippen molar-refractivity contribution in [1.29, 1.82) is 0 Å². The summed E-state index contributed by atoms with van der Waals surface area (Å²) >= 11 is 9.36. The maximum atomic E-state index is 11.9. The number of carbonyl (C=O) groups is 2. The maximum Gasteiger partial charge on any atom is 0.240 e. The summed E-state index contributed by atoms with van der Waals surface area (Å²) in [4.78, 5) is 23.8. The number of nitrogens with zero attached hydrogens (tertiary/aromatic N) is 1.